The van der Waals surface area contributed by atoms with Gasteiger partial charge < -0.3 is 10.5 Å². The van der Waals surface area contributed by atoms with Crippen LogP contribution in [-0.2, 0) is 9.53 Å². The summed E-state index contributed by atoms with van der Waals surface area (Å²) in [6, 6.07) is -0.505. The molecule has 0 rings (SSSR count). The Bertz CT molecular complexity index is 155. The maximum absolute atomic E-state index is 10.9. The van der Waals surface area contributed by atoms with E-state index in [9.17, 15) is 4.79 Å². The number of hydrogen-bond acceptors (Lipinski definition) is 3. The van der Waals surface area contributed by atoms with Gasteiger partial charge in [0, 0.05) is 0 Å². The van der Waals surface area contributed by atoms with Gasteiger partial charge in [0.15, 0.2) is 0 Å². The molecule has 2 unspecified atom stereocenters. The first-order chi connectivity index (χ1) is 5.95. The molecule has 0 saturated heterocycles. The molecule has 2 atom stereocenters. The van der Waals surface area contributed by atoms with Gasteiger partial charge in [0.2, 0.25) is 0 Å². The van der Waals surface area contributed by atoms with E-state index in [0.717, 1.165) is 6.42 Å². The van der Waals surface area contributed by atoms with Crippen LogP contribution in [0.4, 0.5) is 0 Å². The highest BCUT2D eigenvalue weighted by molar-refractivity contribution is 5.74. The van der Waals surface area contributed by atoms with Crippen molar-refractivity contribution in [3.8, 4) is 0 Å². The van der Waals surface area contributed by atoms with Crippen LogP contribution in [0.25, 0.3) is 0 Å². The zero-order valence-electron chi connectivity index (χ0n) is 9.04. The summed E-state index contributed by atoms with van der Waals surface area (Å²) >= 11 is 0. The van der Waals surface area contributed by atoms with Gasteiger partial charge in [-0.1, -0.05) is 20.8 Å². The van der Waals surface area contributed by atoms with Gasteiger partial charge in [0.25, 0.3) is 0 Å². The molecule has 13 heavy (non-hydrogen) atoms. The summed E-state index contributed by atoms with van der Waals surface area (Å²) < 4.78 is 4.96. The van der Waals surface area contributed by atoms with Crippen LogP contribution >= 0.6 is 0 Å². The van der Waals surface area contributed by atoms with Gasteiger partial charge in [-0.05, 0) is 25.2 Å². The van der Waals surface area contributed by atoms with Crippen LogP contribution in [-0.4, -0.2) is 18.6 Å². The average molecular weight is 187 g/mol. The first-order valence-electron chi connectivity index (χ1n) is 4.87. The highest BCUT2D eigenvalue weighted by atomic mass is 16.5. The molecule has 0 aromatic carbocycles. The Kier molecular flexibility index (Phi) is 5.71. The second-order valence-corrected chi connectivity index (χ2v) is 3.97. The first kappa shape index (κ1) is 12.4. The summed E-state index contributed by atoms with van der Waals surface area (Å²) in [5.41, 5.74) is 5.34. The summed E-state index contributed by atoms with van der Waals surface area (Å²) in [6.45, 7) is 8.61. The topological polar surface area (TPSA) is 52.3 Å². The number of rotatable bonds is 5. The monoisotopic (exact) mass is 187 g/mol. The Morgan fingerprint density at radius 1 is 1.31 bits per heavy atom. The van der Waals surface area contributed by atoms with E-state index in [1.54, 1.807) is 6.92 Å². The second-order valence-electron chi connectivity index (χ2n) is 3.97. The maximum Gasteiger partial charge on any atom is 0.322 e. The van der Waals surface area contributed by atoms with E-state index in [1.807, 2.05) is 0 Å². The largest absolute Gasteiger partial charge is 0.465 e. The quantitative estimate of drug-likeness (QED) is 0.664. The van der Waals surface area contributed by atoms with Gasteiger partial charge in [-0.3, -0.25) is 4.79 Å². The lowest BCUT2D eigenvalue weighted by Gasteiger charge is -2.15. The molecule has 0 heterocycles. The van der Waals surface area contributed by atoms with Crippen LogP contribution in [0.15, 0.2) is 0 Å². The third-order valence-electron chi connectivity index (χ3n) is 2.33. The summed E-state index contributed by atoms with van der Waals surface area (Å²) in [6.07, 6.45) is 0.913. The van der Waals surface area contributed by atoms with Gasteiger partial charge in [0.05, 0.1) is 6.61 Å². The fourth-order valence-electron chi connectivity index (χ4n) is 0.810. The smallest absolute Gasteiger partial charge is 0.322 e. The number of esters is 1. The molecule has 0 bridgehead atoms. The number of nitrogens with two attached hydrogens (primary N) is 1. The normalized spacial score (nSPS) is 15.5. The van der Waals surface area contributed by atoms with E-state index in [4.69, 9.17) is 10.5 Å². The highest BCUT2D eigenvalue weighted by Crippen LogP contribution is 2.13. The van der Waals surface area contributed by atoms with Crippen LogP contribution in [0.2, 0.25) is 0 Å². The third-order valence-corrected chi connectivity index (χ3v) is 2.33. The molecule has 3 heteroatoms. The Hall–Kier alpha value is -0.570. The molecular formula is C10H21NO2. The van der Waals surface area contributed by atoms with Crippen molar-refractivity contribution in [2.45, 2.75) is 40.2 Å². The van der Waals surface area contributed by atoms with Crippen LogP contribution in [0.3, 0.4) is 0 Å². The highest BCUT2D eigenvalue weighted by Gasteiger charge is 2.11. The molecule has 0 spiro atoms. The summed E-state index contributed by atoms with van der Waals surface area (Å²) in [7, 11) is 0. The standard InChI is InChI=1S/C10H21NO2/c1-7(2)8(3)5-6-13-10(12)9(4)11/h7-9H,5-6,11H2,1-4H3. The van der Waals surface area contributed by atoms with Crippen molar-refractivity contribution in [1.82, 2.24) is 0 Å². The number of carbonyl (C=O) groups is 1. The van der Waals surface area contributed by atoms with Crippen LogP contribution in [0.5, 0.6) is 0 Å². The van der Waals surface area contributed by atoms with Gasteiger partial charge in [-0.25, -0.2) is 0 Å². The summed E-state index contributed by atoms with van der Waals surface area (Å²) in [5, 5.41) is 0. The van der Waals surface area contributed by atoms with Crippen molar-refractivity contribution < 1.29 is 9.53 Å². The predicted octanol–water partition coefficient (Wildman–Crippen LogP) is 1.56. The van der Waals surface area contributed by atoms with Gasteiger partial charge in [0.1, 0.15) is 6.04 Å². The summed E-state index contributed by atoms with van der Waals surface area (Å²) in [4.78, 5) is 10.9. The molecule has 0 radical (unpaired) electrons. The zero-order valence-corrected chi connectivity index (χ0v) is 9.04. The number of carbonyl (C=O) groups excluding carboxylic acids is 1. The lowest BCUT2D eigenvalue weighted by Crippen LogP contribution is -2.29. The van der Waals surface area contributed by atoms with Gasteiger partial charge in [-0.15, -0.1) is 0 Å². The van der Waals surface area contributed by atoms with Crippen LogP contribution < -0.4 is 5.73 Å². The Labute approximate surface area is 80.6 Å². The van der Waals surface area contributed by atoms with Gasteiger partial charge >= 0.3 is 5.97 Å². The van der Waals surface area contributed by atoms with Crippen molar-refractivity contribution in [1.29, 1.82) is 0 Å². The fraction of sp³-hybridized carbons (Fsp3) is 0.900. The molecule has 2 N–H and O–H groups in total. The van der Waals surface area contributed by atoms with E-state index >= 15 is 0 Å². The number of ether oxygens (including phenoxy) is 1. The summed E-state index contributed by atoms with van der Waals surface area (Å²) in [5.74, 6) is 0.908. The molecule has 0 saturated carbocycles. The lowest BCUT2D eigenvalue weighted by molar-refractivity contribution is -0.145. The van der Waals surface area contributed by atoms with E-state index in [-0.39, 0.29) is 5.97 Å². The molecule has 78 valence electrons. The van der Waals surface area contributed by atoms with Crippen LogP contribution in [0.1, 0.15) is 34.1 Å². The molecule has 3 nitrogen and oxygen atoms in total. The molecule has 0 aromatic rings. The second kappa shape index (κ2) is 5.97. The molecule has 0 aliphatic carbocycles. The van der Waals surface area contributed by atoms with Crippen molar-refractivity contribution in [3.05, 3.63) is 0 Å². The van der Waals surface area contributed by atoms with Gasteiger partial charge in [-0.2, -0.15) is 0 Å². The third kappa shape index (κ3) is 5.64. The van der Waals surface area contributed by atoms with E-state index in [2.05, 4.69) is 20.8 Å². The van der Waals surface area contributed by atoms with E-state index in [0.29, 0.717) is 18.4 Å². The molecule has 0 amide bonds. The fourth-order valence-corrected chi connectivity index (χ4v) is 0.810. The van der Waals surface area contributed by atoms with E-state index < -0.39 is 6.04 Å². The Morgan fingerprint density at radius 2 is 1.85 bits per heavy atom. The average Bonchev–Trinajstić information content (AvgIpc) is 2.03. The minimum Gasteiger partial charge on any atom is -0.465 e. The van der Waals surface area contributed by atoms with Crippen molar-refractivity contribution in [2.75, 3.05) is 6.61 Å². The van der Waals surface area contributed by atoms with Crippen LogP contribution in [0, 0.1) is 11.8 Å². The zero-order chi connectivity index (χ0) is 10.4. The Morgan fingerprint density at radius 3 is 2.23 bits per heavy atom. The van der Waals surface area contributed by atoms with Crippen molar-refractivity contribution in [3.63, 3.8) is 0 Å². The molecule has 0 aliphatic heterocycles. The molecule has 0 aliphatic rings. The van der Waals surface area contributed by atoms with Crippen molar-refractivity contribution in [2.24, 2.45) is 17.6 Å². The molecular weight excluding hydrogens is 166 g/mol. The molecule has 0 fully saturated rings. The Balaban J connectivity index is 3.51. The number of hydrogen-bond donors (Lipinski definition) is 1. The minimum absolute atomic E-state index is 0.309. The SMILES string of the molecule is CC(N)C(=O)OCCC(C)C(C)C. The van der Waals surface area contributed by atoms with E-state index in [1.165, 1.54) is 0 Å². The maximum atomic E-state index is 10.9. The van der Waals surface area contributed by atoms with Crippen molar-refractivity contribution >= 4 is 5.97 Å². The first-order valence-corrected chi connectivity index (χ1v) is 4.87. The molecule has 0 aromatic heterocycles. The lowest BCUT2D eigenvalue weighted by atomic mass is 9.95. The predicted molar refractivity (Wildman–Crippen MR) is 53.2 cm³/mol. The minimum atomic E-state index is -0.505.